The number of thiazole rings is 1. The van der Waals surface area contributed by atoms with Gasteiger partial charge < -0.3 is 5.11 Å². The summed E-state index contributed by atoms with van der Waals surface area (Å²) in [4.78, 5) is 14.6. The van der Waals surface area contributed by atoms with E-state index in [1.54, 1.807) is 0 Å². The molecule has 0 aliphatic carbocycles. The largest absolute Gasteiger partial charge is 0.476 e. The molecule has 1 aliphatic rings. The molecule has 6 nitrogen and oxygen atoms in total. The summed E-state index contributed by atoms with van der Waals surface area (Å²) < 4.78 is 26.0. The molecule has 0 spiro atoms. The molecule has 8 heteroatoms. The number of carboxylic acids is 1. The second-order valence-corrected chi connectivity index (χ2v) is 8.35. The van der Waals surface area contributed by atoms with Gasteiger partial charge in [-0.2, -0.15) is 4.31 Å². The number of piperidine rings is 1. The average molecular weight is 304 g/mol. The van der Waals surface area contributed by atoms with Crippen LogP contribution < -0.4 is 0 Å². The minimum absolute atomic E-state index is 0.134. The lowest BCUT2D eigenvalue weighted by atomic mass is 9.83. The zero-order valence-electron chi connectivity index (χ0n) is 10.8. The van der Waals surface area contributed by atoms with Crippen molar-refractivity contribution in [3.05, 3.63) is 11.2 Å². The van der Waals surface area contributed by atoms with E-state index in [2.05, 4.69) is 18.8 Å². The van der Waals surface area contributed by atoms with Crippen LogP contribution in [0.25, 0.3) is 0 Å². The van der Waals surface area contributed by atoms with Gasteiger partial charge in [-0.3, -0.25) is 0 Å². The Morgan fingerprint density at radius 2 is 2.00 bits per heavy atom. The highest BCUT2D eigenvalue weighted by Gasteiger charge is 2.36. The Kier molecular flexibility index (Phi) is 3.67. The first-order valence-corrected chi connectivity index (χ1v) is 8.23. The molecule has 1 aromatic heterocycles. The molecule has 2 heterocycles. The van der Waals surface area contributed by atoms with E-state index in [1.165, 1.54) is 9.82 Å². The fourth-order valence-corrected chi connectivity index (χ4v) is 4.73. The van der Waals surface area contributed by atoms with Gasteiger partial charge in [-0.05, 0) is 18.3 Å². The molecule has 106 valence electrons. The predicted octanol–water partition coefficient (Wildman–Crippen LogP) is 1.65. The Morgan fingerprint density at radius 3 is 2.53 bits per heavy atom. The molecule has 0 aromatic carbocycles. The van der Waals surface area contributed by atoms with Crippen molar-refractivity contribution in [3.8, 4) is 0 Å². The van der Waals surface area contributed by atoms with Crippen LogP contribution >= 0.6 is 11.3 Å². The minimum atomic E-state index is -3.74. The fourth-order valence-electron chi connectivity index (χ4n) is 2.01. The van der Waals surface area contributed by atoms with Crippen LogP contribution in [0.15, 0.2) is 9.72 Å². The van der Waals surface area contributed by atoms with Crippen molar-refractivity contribution in [3.63, 3.8) is 0 Å². The molecule has 0 saturated carbocycles. The highest BCUT2D eigenvalue weighted by atomic mass is 32.2. The lowest BCUT2D eigenvalue weighted by Gasteiger charge is -2.35. The molecule has 0 atom stereocenters. The van der Waals surface area contributed by atoms with Gasteiger partial charge in [0.15, 0.2) is 9.90 Å². The van der Waals surface area contributed by atoms with Gasteiger partial charge in [0.25, 0.3) is 10.0 Å². The third kappa shape index (κ3) is 2.80. The smallest absolute Gasteiger partial charge is 0.356 e. The fraction of sp³-hybridized carbons (Fsp3) is 0.636. The van der Waals surface area contributed by atoms with Crippen molar-refractivity contribution in [2.45, 2.75) is 30.9 Å². The monoisotopic (exact) mass is 304 g/mol. The average Bonchev–Trinajstić information content (AvgIpc) is 2.77. The topological polar surface area (TPSA) is 87.6 Å². The summed E-state index contributed by atoms with van der Waals surface area (Å²) in [7, 11) is -3.74. The number of nitrogens with zero attached hydrogens (tertiary/aromatic N) is 2. The molecular weight excluding hydrogens is 288 g/mol. The van der Waals surface area contributed by atoms with Gasteiger partial charge in [0.05, 0.1) is 5.51 Å². The van der Waals surface area contributed by atoms with Crippen LogP contribution in [0.2, 0.25) is 0 Å². The van der Waals surface area contributed by atoms with Crippen LogP contribution in [0, 0.1) is 5.41 Å². The summed E-state index contributed by atoms with van der Waals surface area (Å²) in [5.74, 6) is -1.31. The number of hydrogen-bond donors (Lipinski definition) is 1. The van der Waals surface area contributed by atoms with E-state index in [1.807, 2.05) is 0 Å². The Morgan fingerprint density at radius 1 is 1.42 bits per heavy atom. The highest BCUT2D eigenvalue weighted by Crippen LogP contribution is 2.33. The van der Waals surface area contributed by atoms with Crippen molar-refractivity contribution in [1.82, 2.24) is 9.29 Å². The van der Waals surface area contributed by atoms with Crippen molar-refractivity contribution in [1.29, 1.82) is 0 Å². The van der Waals surface area contributed by atoms with Crippen molar-refractivity contribution in [2.24, 2.45) is 5.41 Å². The zero-order valence-corrected chi connectivity index (χ0v) is 12.4. The number of hydrogen-bond acceptors (Lipinski definition) is 5. The lowest BCUT2D eigenvalue weighted by Crippen LogP contribution is -2.41. The van der Waals surface area contributed by atoms with E-state index in [-0.39, 0.29) is 15.3 Å². The molecule has 1 saturated heterocycles. The molecule has 0 bridgehead atoms. The minimum Gasteiger partial charge on any atom is -0.476 e. The van der Waals surface area contributed by atoms with Crippen LogP contribution in [-0.2, 0) is 10.0 Å². The van der Waals surface area contributed by atoms with Crippen LogP contribution in [0.1, 0.15) is 37.2 Å². The van der Waals surface area contributed by atoms with Gasteiger partial charge in [0, 0.05) is 13.1 Å². The maximum atomic E-state index is 12.4. The maximum Gasteiger partial charge on any atom is 0.356 e. The molecule has 0 amide bonds. The molecule has 1 aliphatic heterocycles. The van der Waals surface area contributed by atoms with Crippen LogP contribution in [-0.4, -0.2) is 41.9 Å². The van der Waals surface area contributed by atoms with Gasteiger partial charge in [-0.15, -0.1) is 11.3 Å². The van der Waals surface area contributed by atoms with E-state index in [4.69, 9.17) is 5.11 Å². The summed E-state index contributed by atoms with van der Waals surface area (Å²) in [5.41, 5.74) is 1.01. The number of rotatable bonds is 3. The molecule has 1 fully saturated rings. The van der Waals surface area contributed by atoms with Gasteiger partial charge in [-0.25, -0.2) is 18.2 Å². The second kappa shape index (κ2) is 4.84. The summed E-state index contributed by atoms with van der Waals surface area (Å²) in [6.07, 6.45) is 1.54. The summed E-state index contributed by atoms with van der Waals surface area (Å²) in [6, 6.07) is 0. The Bertz CT molecular complexity index is 582. The van der Waals surface area contributed by atoms with Gasteiger partial charge in [0.2, 0.25) is 0 Å². The third-order valence-corrected chi connectivity index (χ3v) is 6.63. The van der Waals surface area contributed by atoms with Crippen molar-refractivity contribution in [2.75, 3.05) is 13.1 Å². The maximum absolute atomic E-state index is 12.4. The van der Waals surface area contributed by atoms with E-state index >= 15 is 0 Å². The van der Waals surface area contributed by atoms with Crippen LogP contribution in [0.4, 0.5) is 0 Å². The Hall–Kier alpha value is -0.990. The molecule has 0 unspecified atom stereocenters. The molecule has 0 radical (unpaired) electrons. The molecular formula is C11H16N2O4S2. The van der Waals surface area contributed by atoms with Gasteiger partial charge in [-0.1, -0.05) is 13.8 Å². The number of carbonyl (C=O) groups is 1. The normalized spacial score (nSPS) is 20.3. The van der Waals surface area contributed by atoms with E-state index < -0.39 is 16.0 Å². The van der Waals surface area contributed by atoms with E-state index in [0.717, 1.165) is 24.2 Å². The van der Waals surface area contributed by atoms with Crippen LogP contribution in [0.3, 0.4) is 0 Å². The number of sulfonamides is 1. The number of aromatic nitrogens is 1. The van der Waals surface area contributed by atoms with E-state index in [9.17, 15) is 13.2 Å². The van der Waals surface area contributed by atoms with Crippen LogP contribution in [0.5, 0.6) is 0 Å². The Balaban J connectivity index is 2.29. The standard InChI is InChI=1S/C11H16N2O4S2/c1-11(2)3-5-13(6-4-11)19(16,17)10-8(9(14)15)12-7-18-10/h7H,3-6H2,1-2H3,(H,14,15). The van der Waals surface area contributed by atoms with E-state index in [0.29, 0.717) is 13.1 Å². The lowest BCUT2D eigenvalue weighted by molar-refractivity contribution is 0.0687. The molecule has 2 rings (SSSR count). The summed E-state index contributed by atoms with van der Waals surface area (Å²) >= 11 is 0.857. The predicted molar refractivity (Wildman–Crippen MR) is 70.8 cm³/mol. The third-order valence-electron chi connectivity index (χ3n) is 3.39. The van der Waals surface area contributed by atoms with Gasteiger partial charge in [0.1, 0.15) is 0 Å². The highest BCUT2D eigenvalue weighted by molar-refractivity contribution is 7.91. The first-order chi connectivity index (χ1) is 8.74. The zero-order chi connectivity index (χ0) is 14.3. The first-order valence-electron chi connectivity index (χ1n) is 5.91. The van der Waals surface area contributed by atoms with Crippen molar-refractivity contribution < 1.29 is 18.3 Å². The quantitative estimate of drug-likeness (QED) is 0.917. The number of carboxylic acid groups (broad SMARTS) is 1. The second-order valence-electron chi connectivity index (χ2n) is 5.36. The number of aromatic carboxylic acids is 1. The van der Waals surface area contributed by atoms with Crippen molar-refractivity contribution >= 4 is 27.3 Å². The first kappa shape index (κ1) is 14.4. The SMILES string of the molecule is CC1(C)CCN(S(=O)(=O)c2scnc2C(=O)O)CC1. The van der Waals surface area contributed by atoms with Gasteiger partial charge >= 0.3 is 5.97 Å². The Labute approximate surface area is 116 Å². The summed E-state index contributed by atoms with van der Waals surface area (Å²) in [5, 5.41) is 8.96. The molecule has 1 N–H and O–H groups in total. The summed E-state index contributed by atoms with van der Waals surface area (Å²) in [6.45, 7) is 5.05. The molecule has 19 heavy (non-hydrogen) atoms. The molecule has 1 aromatic rings.